The fourth-order valence-corrected chi connectivity index (χ4v) is 4.10. The van der Waals surface area contributed by atoms with Gasteiger partial charge in [0.05, 0.1) is 32.7 Å². The van der Waals surface area contributed by atoms with E-state index in [9.17, 15) is 0 Å². The van der Waals surface area contributed by atoms with Crippen molar-refractivity contribution in [2.24, 2.45) is 0 Å². The molecule has 0 N–H and O–H groups in total. The van der Waals surface area contributed by atoms with E-state index in [1.807, 2.05) is 91.0 Å². The largest absolute Gasteiger partial charge is 0.490 e. The van der Waals surface area contributed by atoms with Crippen molar-refractivity contribution in [3.8, 4) is 0 Å². The predicted octanol–water partition coefficient (Wildman–Crippen LogP) is 5.99. The highest BCUT2D eigenvalue weighted by Gasteiger charge is 2.49. The molecule has 4 rings (SSSR count). The van der Waals surface area contributed by atoms with Gasteiger partial charge in [0, 0.05) is 0 Å². The van der Waals surface area contributed by atoms with Crippen LogP contribution in [0.4, 0.5) is 4.39 Å². The molecule has 5 atom stereocenters. The first-order valence-corrected chi connectivity index (χ1v) is 12.2. The van der Waals surface area contributed by atoms with Crippen molar-refractivity contribution in [3.63, 3.8) is 0 Å². The van der Waals surface area contributed by atoms with Gasteiger partial charge < -0.3 is 23.7 Å². The summed E-state index contributed by atoms with van der Waals surface area (Å²) in [6, 6.07) is 29.4. The third-order valence-electron chi connectivity index (χ3n) is 5.91. The summed E-state index contributed by atoms with van der Waals surface area (Å²) in [6.07, 6.45) is -1.56. The van der Waals surface area contributed by atoms with E-state index in [0.29, 0.717) is 13.2 Å². The van der Waals surface area contributed by atoms with Crippen LogP contribution in [-0.4, -0.2) is 37.4 Å². The fourth-order valence-electron chi connectivity index (χ4n) is 4.10. The third kappa shape index (κ3) is 7.48. The van der Waals surface area contributed by atoms with E-state index in [2.05, 4.69) is 0 Å². The van der Waals surface area contributed by atoms with Crippen molar-refractivity contribution in [3.05, 3.63) is 120 Å². The number of alkyl halides is 1. The lowest BCUT2D eigenvalue weighted by Gasteiger charge is -2.43. The Morgan fingerprint density at radius 1 is 0.694 bits per heavy atom. The number of allylic oxidation sites excluding steroid dienone is 1. The molecule has 5 nitrogen and oxygen atoms in total. The fraction of sp³-hybridized carbons (Fsp3) is 0.333. The van der Waals surface area contributed by atoms with Crippen molar-refractivity contribution in [1.82, 2.24) is 0 Å². The van der Waals surface area contributed by atoms with E-state index in [1.54, 1.807) is 13.0 Å². The SMILES string of the molecule is C/C=C\OC1C(F)OC(COCc2ccccc2)C(OCc2ccccc2)C1OCc1ccccc1. The molecule has 0 aromatic heterocycles. The minimum absolute atomic E-state index is 0.149. The van der Waals surface area contributed by atoms with E-state index in [-0.39, 0.29) is 13.2 Å². The summed E-state index contributed by atoms with van der Waals surface area (Å²) in [6.45, 7) is 2.95. The zero-order chi connectivity index (χ0) is 25.0. The molecule has 0 saturated carbocycles. The molecule has 0 amide bonds. The summed E-state index contributed by atoms with van der Waals surface area (Å²) in [5, 5.41) is 0. The first-order chi connectivity index (χ1) is 17.7. The van der Waals surface area contributed by atoms with Crippen molar-refractivity contribution in [2.75, 3.05) is 6.61 Å². The van der Waals surface area contributed by atoms with Gasteiger partial charge in [-0.1, -0.05) is 97.1 Å². The highest BCUT2D eigenvalue weighted by atomic mass is 19.1. The summed E-state index contributed by atoms with van der Waals surface area (Å²) in [7, 11) is 0. The molecular weight excluding hydrogens is 459 g/mol. The number of hydrogen-bond donors (Lipinski definition) is 0. The minimum Gasteiger partial charge on any atom is -0.490 e. The summed E-state index contributed by atoms with van der Waals surface area (Å²) in [5.74, 6) is 0. The van der Waals surface area contributed by atoms with E-state index in [4.69, 9.17) is 23.7 Å². The minimum atomic E-state index is -1.70. The Morgan fingerprint density at radius 2 is 1.19 bits per heavy atom. The lowest BCUT2D eigenvalue weighted by atomic mass is 9.98. The maximum atomic E-state index is 15.3. The molecule has 0 bridgehead atoms. The third-order valence-corrected chi connectivity index (χ3v) is 5.91. The topological polar surface area (TPSA) is 46.2 Å². The van der Waals surface area contributed by atoms with Gasteiger partial charge in [0.25, 0.3) is 0 Å². The molecule has 6 heteroatoms. The Hall–Kier alpha value is -3.03. The normalized spacial score (nSPS) is 24.1. The Balaban J connectivity index is 1.52. The number of benzene rings is 3. The molecule has 1 saturated heterocycles. The molecule has 0 radical (unpaired) electrons. The summed E-state index contributed by atoms with van der Waals surface area (Å²) in [5.41, 5.74) is 3.00. The van der Waals surface area contributed by atoms with Crippen LogP contribution in [0.3, 0.4) is 0 Å². The maximum absolute atomic E-state index is 15.3. The van der Waals surface area contributed by atoms with Crippen molar-refractivity contribution in [2.45, 2.75) is 57.5 Å². The number of ether oxygens (including phenoxy) is 5. The van der Waals surface area contributed by atoms with Gasteiger partial charge in [-0.3, -0.25) is 0 Å². The second-order valence-electron chi connectivity index (χ2n) is 8.62. The zero-order valence-corrected chi connectivity index (χ0v) is 20.4. The van der Waals surface area contributed by atoms with E-state index in [0.717, 1.165) is 16.7 Å². The first kappa shape index (κ1) is 26.0. The van der Waals surface area contributed by atoms with Gasteiger partial charge in [-0.2, -0.15) is 0 Å². The first-order valence-electron chi connectivity index (χ1n) is 12.2. The molecule has 1 aliphatic rings. The highest BCUT2D eigenvalue weighted by Crippen LogP contribution is 2.31. The Kier molecular flexibility index (Phi) is 10.1. The number of rotatable bonds is 12. The Labute approximate surface area is 212 Å². The molecule has 1 heterocycles. The lowest BCUT2D eigenvalue weighted by molar-refractivity contribution is -0.288. The molecule has 190 valence electrons. The van der Waals surface area contributed by atoms with Gasteiger partial charge in [-0.05, 0) is 23.6 Å². The molecule has 1 aliphatic heterocycles. The van der Waals surface area contributed by atoms with Crippen LogP contribution in [0.5, 0.6) is 0 Å². The quantitative estimate of drug-likeness (QED) is 0.291. The Bertz CT molecular complexity index is 1030. The number of halogens is 1. The molecule has 0 spiro atoms. The van der Waals surface area contributed by atoms with Crippen LogP contribution in [0.25, 0.3) is 0 Å². The molecular formula is C30H33FO5. The summed E-state index contributed by atoms with van der Waals surface area (Å²) < 4.78 is 45.4. The van der Waals surface area contributed by atoms with Crippen LogP contribution in [0, 0.1) is 0 Å². The molecule has 0 aliphatic carbocycles. The molecule has 3 aromatic rings. The monoisotopic (exact) mass is 492 g/mol. The summed E-state index contributed by atoms with van der Waals surface area (Å²) in [4.78, 5) is 0. The van der Waals surface area contributed by atoms with Gasteiger partial charge in [0.1, 0.15) is 18.3 Å². The van der Waals surface area contributed by atoms with Gasteiger partial charge in [0.2, 0.25) is 6.36 Å². The summed E-state index contributed by atoms with van der Waals surface area (Å²) >= 11 is 0. The zero-order valence-electron chi connectivity index (χ0n) is 20.4. The van der Waals surface area contributed by atoms with E-state index in [1.165, 1.54) is 6.26 Å². The maximum Gasteiger partial charge on any atom is 0.239 e. The van der Waals surface area contributed by atoms with Crippen LogP contribution in [0.1, 0.15) is 23.6 Å². The van der Waals surface area contributed by atoms with Gasteiger partial charge >= 0.3 is 0 Å². The highest BCUT2D eigenvalue weighted by molar-refractivity contribution is 5.15. The molecule has 36 heavy (non-hydrogen) atoms. The average Bonchev–Trinajstić information content (AvgIpc) is 2.92. The van der Waals surface area contributed by atoms with Crippen LogP contribution >= 0.6 is 0 Å². The van der Waals surface area contributed by atoms with Gasteiger partial charge in [-0.15, -0.1) is 0 Å². The lowest BCUT2D eigenvalue weighted by Crippen LogP contribution is -2.59. The van der Waals surface area contributed by atoms with Gasteiger partial charge in [-0.25, -0.2) is 4.39 Å². The van der Waals surface area contributed by atoms with Crippen LogP contribution in [0.15, 0.2) is 103 Å². The van der Waals surface area contributed by atoms with E-state index >= 15 is 4.39 Å². The van der Waals surface area contributed by atoms with Gasteiger partial charge in [0.15, 0.2) is 6.10 Å². The predicted molar refractivity (Wildman–Crippen MR) is 136 cm³/mol. The second-order valence-corrected chi connectivity index (χ2v) is 8.62. The smallest absolute Gasteiger partial charge is 0.239 e. The van der Waals surface area contributed by atoms with Crippen LogP contribution in [-0.2, 0) is 43.5 Å². The standard InChI is InChI=1S/C30H33FO5/c1-2-18-33-29-28(35-21-25-16-10-5-11-17-25)27(34-20-24-14-8-4-9-15-24)26(36-30(29)31)22-32-19-23-12-6-3-7-13-23/h2-18,26-30H,19-22H2,1H3/b18-2-. The molecule has 5 unspecified atom stereocenters. The Morgan fingerprint density at radius 3 is 1.72 bits per heavy atom. The molecule has 3 aromatic carbocycles. The van der Waals surface area contributed by atoms with Crippen molar-refractivity contribution >= 4 is 0 Å². The van der Waals surface area contributed by atoms with Crippen LogP contribution in [0.2, 0.25) is 0 Å². The van der Waals surface area contributed by atoms with Crippen molar-refractivity contribution < 1.29 is 28.1 Å². The van der Waals surface area contributed by atoms with Crippen molar-refractivity contribution in [1.29, 1.82) is 0 Å². The number of hydrogen-bond acceptors (Lipinski definition) is 5. The van der Waals surface area contributed by atoms with E-state index < -0.39 is 30.8 Å². The molecule has 1 fully saturated rings. The van der Waals surface area contributed by atoms with Crippen LogP contribution < -0.4 is 0 Å². The average molecular weight is 493 g/mol. The second kappa shape index (κ2) is 13.9.